The highest BCUT2D eigenvalue weighted by molar-refractivity contribution is 5.92. The predicted molar refractivity (Wildman–Crippen MR) is 48.5 cm³/mol. The second-order valence-electron chi connectivity index (χ2n) is 2.34. The Bertz CT molecular complexity index is 205. The van der Waals surface area contributed by atoms with Crippen molar-refractivity contribution in [2.24, 2.45) is 16.5 Å². The first-order valence-electron chi connectivity index (χ1n) is 3.53. The summed E-state index contributed by atoms with van der Waals surface area (Å²) in [5.74, 6) is -0.152. The molecule has 0 fully saturated rings. The maximum Gasteiger partial charge on any atom is 0.246 e. The van der Waals surface area contributed by atoms with Gasteiger partial charge < -0.3 is 16.8 Å². The summed E-state index contributed by atoms with van der Waals surface area (Å²) in [4.78, 5) is 14.5. The van der Waals surface area contributed by atoms with Gasteiger partial charge in [-0.15, -0.1) is 0 Å². The van der Waals surface area contributed by atoms with Gasteiger partial charge in [-0.1, -0.05) is 6.58 Å². The van der Waals surface area contributed by atoms with Crippen LogP contribution in [0.5, 0.6) is 0 Å². The zero-order chi connectivity index (χ0) is 9.56. The van der Waals surface area contributed by atoms with E-state index in [1.165, 1.54) is 0 Å². The molecule has 5 N–H and O–H groups in total. The quantitative estimate of drug-likeness (QED) is 0.217. The van der Waals surface area contributed by atoms with Crippen molar-refractivity contribution >= 4 is 11.9 Å². The monoisotopic (exact) mass is 170 g/mol. The van der Waals surface area contributed by atoms with Crippen LogP contribution in [0.1, 0.15) is 6.92 Å². The van der Waals surface area contributed by atoms with Gasteiger partial charge in [0.05, 0.1) is 6.54 Å². The molecule has 0 saturated heterocycles. The third-order valence-electron chi connectivity index (χ3n) is 1.08. The molecule has 5 nitrogen and oxygen atoms in total. The van der Waals surface area contributed by atoms with E-state index in [0.717, 1.165) is 0 Å². The Morgan fingerprint density at radius 1 is 1.58 bits per heavy atom. The minimum absolute atomic E-state index is 0.0274. The Labute approximate surface area is 71.5 Å². The molecule has 0 aromatic carbocycles. The van der Waals surface area contributed by atoms with Gasteiger partial charge in [-0.2, -0.15) is 0 Å². The highest BCUT2D eigenvalue weighted by Crippen LogP contribution is 1.83. The average molecular weight is 170 g/mol. The maximum atomic E-state index is 10.9. The summed E-state index contributed by atoms with van der Waals surface area (Å²) in [6.45, 7) is 5.92. The maximum absolute atomic E-state index is 10.9. The Morgan fingerprint density at radius 2 is 2.17 bits per heavy atom. The van der Waals surface area contributed by atoms with E-state index in [9.17, 15) is 4.79 Å². The summed E-state index contributed by atoms with van der Waals surface area (Å²) >= 11 is 0. The van der Waals surface area contributed by atoms with Crippen LogP contribution >= 0.6 is 0 Å². The average Bonchev–Trinajstić information content (AvgIpc) is 1.97. The van der Waals surface area contributed by atoms with Gasteiger partial charge >= 0.3 is 0 Å². The predicted octanol–water partition coefficient (Wildman–Crippen LogP) is -1.05. The molecule has 0 heterocycles. The number of carbonyl (C=O) groups excluding carboxylic acids is 1. The SMILES string of the molecule is C=C(C)C(=O)NCCN=C(N)N. The number of guanidine groups is 1. The molecule has 5 heteroatoms. The summed E-state index contributed by atoms with van der Waals surface area (Å²) in [6.07, 6.45) is 0. The first-order chi connectivity index (χ1) is 5.54. The van der Waals surface area contributed by atoms with E-state index in [1.54, 1.807) is 6.92 Å². The molecular formula is C7H14N4O. The Hall–Kier alpha value is -1.52. The lowest BCUT2D eigenvalue weighted by Crippen LogP contribution is -2.28. The summed E-state index contributed by atoms with van der Waals surface area (Å²) < 4.78 is 0. The van der Waals surface area contributed by atoms with Crippen molar-refractivity contribution in [3.8, 4) is 0 Å². The van der Waals surface area contributed by atoms with Crippen molar-refractivity contribution in [3.63, 3.8) is 0 Å². The number of rotatable bonds is 4. The second kappa shape index (κ2) is 5.17. The van der Waals surface area contributed by atoms with Gasteiger partial charge in [0.2, 0.25) is 5.91 Å². The van der Waals surface area contributed by atoms with Crippen LogP contribution in [0.2, 0.25) is 0 Å². The van der Waals surface area contributed by atoms with E-state index in [4.69, 9.17) is 11.5 Å². The van der Waals surface area contributed by atoms with Crippen LogP contribution in [-0.4, -0.2) is 25.0 Å². The standard InChI is InChI=1S/C7H14N4O/c1-5(2)6(12)10-3-4-11-7(8)9/h1,3-4H2,2H3,(H,10,12)(H4,8,9,11). The van der Waals surface area contributed by atoms with Gasteiger partial charge in [-0.3, -0.25) is 9.79 Å². The van der Waals surface area contributed by atoms with Crippen LogP contribution in [0, 0.1) is 0 Å². The molecule has 0 aliphatic heterocycles. The van der Waals surface area contributed by atoms with Gasteiger partial charge in [-0.25, -0.2) is 0 Å². The number of amides is 1. The van der Waals surface area contributed by atoms with E-state index in [2.05, 4.69) is 16.9 Å². The first kappa shape index (κ1) is 10.5. The van der Waals surface area contributed by atoms with Gasteiger partial charge in [0, 0.05) is 12.1 Å². The second-order valence-corrected chi connectivity index (χ2v) is 2.34. The summed E-state index contributed by atoms with van der Waals surface area (Å²) in [5, 5.41) is 2.58. The van der Waals surface area contributed by atoms with Gasteiger partial charge in [-0.05, 0) is 6.92 Å². The molecule has 0 aliphatic carbocycles. The highest BCUT2D eigenvalue weighted by Gasteiger charge is 1.98. The van der Waals surface area contributed by atoms with E-state index in [-0.39, 0.29) is 11.9 Å². The molecule has 1 amide bonds. The smallest absolute Gasteiger partial charge is 0.246 e. The molecule has 0 aromatic heterocycles. The van der Waals surface area contributed by atoms with Crippen LogP contribution in [0.25, 0.3) is 0 Å². The van der Waals surface area contributed by atoms with Crippen molar-refractivity contribution in [1.29, 1.82) is 0 Å². The Balaban J connectivity index is 3.51. The molecule has 0 aromatic rings. The Kier molecular flexibility index (Phi) is 4.52. The number of aliphatic imine (C=N–C) groups is 1. The van der Waals surface area contributed by atoms with Crippen molar-refractivity contribution in [1.82, 2.24) is 5.32 Å². The van der Waals surface area contributed by atoms with E-state index < -0.39 is 0 Å². The fraction of sp³-hybridized carbons (Fsp3) is 0.429. The topological polar surface area (TPSA) is 93.5 Å². The van der Waals surface area contributed by atoms with E-state index in [0.29, 0.717) is 18.7 Å². The fourth-order valence-electron chi connectivity index (χ4n) is 0.505. The van der Waals surface area contributed by atoms with Crippen LogP contribution in [0.3, 0.4) is 0 Å². The lowest BCUT2D eigenvalue weighted by molar-refractivity contribution is -0.117. The van der Waals surface area contributed by atoms with Crippen LogP contribution in [0.15, 0.2) is 17.1 Å². The number of nitrogens with zero attached hydrogens (tertiary/aromatic N) is 1. The first-order valence-corrected chi connectivity index (χ1v) is 3.53. The summed E-state index contributed by atoms with van der Waals surface area (Å²) in [6, 6.07) is 0. The largest absolute Gasteiger partial charge is 0.370 e. The van der Waals surface area contributed by atoms with Crippen molar-refractivity contribution < 1.29 is 4.79 Å². The number of carbonyl (C=O) groups is 1. The molecule has 0 bridgehead atoms. The van der Waals surface area contributed by atoms with Crippen LogP contribution in [0.4, 0.5) is 0 Å². The zero-order valence-corrected chi connectivity index (χ0v) is 7.13. The third-order valence-corrected chi connectivity index (χ3v) is 1.08. The number of nitrogens with two attached hydrogens (primary N) is 2. The van der Waals surface area contributed by atoms with Crippen molar-refractivity contribution in [3.05, 3.63) is 12.2 Å². The van der Waals surface area contributed by atoms with Crippen LogP contribution < -0.4 is 16.8 Å². The van der Waals surface area contributed by atoms with Gasteiger partial charge in [0.25, 0.3) is 0 Å². The van der Waals surface area contributed by atoms with Gasteiger partial charge in [0.1, 0.15) is 0 Å². The number of nitrogens with one attached hydrogen (secondary N) is 1. The molecule has 0 saturated carbocycles. The normalized spacial score (nSPS) is 8.75. The molecule has 0 spiro atoms. The molecule has 0 radical (unpaired) electrons. The minimum atomic E-state index is -0.180. The van der Waals surface area contributed by atoms with Gasteiger partial charge in [0.15, 0.2) is 5.96 Å². The molecule has 68 valence electrons. The number of hydrogen-bond acceptors (Lipinski definition) is 2. The van der Waals surface area contributed by atoms with Crippen molar-refractivity contribution in [2.75, 3.05) is 13.1 Å². The molecular weight excluding hydrogens is 156 g/mol. The molecule has 0 aliphatic rings. The lowest BCUT2D eigenvalue weighted by atomic mass is 10.3. The molecule has 12 heavy (non-hydrogen) atoms. The van der Waals surface area contributed by atoms with E-state index >= 15 is 0 Å². The fourth-order valence-corrected chi connectivity index (χ4v) is 0.505. The van der Waals surface area contributed by atoms with E-state index in [1.807, 2.05) is 0 Å². The number of hydrogen-bond donors (Lipinski definition) is 3. The van der Waals surface area contributed by atoms with Crippen LogP contribution in [-0.2, 0) is 4.79 Å². The zero-order valence-electron chi connectivity index (χ0n) is 7.13. The lowest BCUT2D eigenvalue weighted by Gasteiger charge is -2.01. The van der Waals surface area contributed by atoms with Crippen molar-refractivity contribution in [2.45, 2.75) is 6.92 Å². The summed E-state index contributed by atoms with van der Waals surface area (Å²) in [7, 11) is 0. The minimum Gasteiger partial charge on any atom is -0.370 e. The highest BCUT2D eigenvalue weighted by atomic mass is 16.1. The summed E-state index contributed by atoms with van der Waals surface area (Å²) in [5.41, 5.74) is 10.6. The molecule has 0 rings (SSSR count). The molecule has 0 atom stereocenters. The molecule has 0 unspecified atom stereocenters. The Morgan fingerprint density at radius 3 is 2.58 bits per heavy atom. The third kappa shape index (κ3) is 5.28.